The molecule has 0 aromatic heterocycles. The molecule has 0 heterocycles. The summed E-state index contributed by atoms with van der Waals surface area (Å²) in [6.07, 6.45) is 0. The molecule has 0 spiro atoms. The average molecular weight is 404 g/mol. The van der Waals surface area contributed by atoms with Gasteiger partial charge in [0.15, 0.2) is 0 Å². The number of halogens is 1. The molecule has 2 aromatic rings. The zero-order valence-electron chi connectivity index (χ0n) is 14.7. The molecule has 0 unspecified atom stereocenters. The second-order valence-corrected chi connectivity index (χ2v) is 6.14. The van der Waals surface area contributed by atoms with E-state index < -0.39 is 0 Å². The molecule has 0 fully saturated rings. The van der Waals surface area contributed by atoms with Crippen molar-refractivity contribution >= 4 is 21.6 Å². The summed E-state index contributed by atoms with van der Waals surface area (Å²) in [5.41, 5.74) is 2.75. The Labute approximate surface area is 157 Å². The van der Waals surface area contributed by atoms with Gasteiger partial charge in [0.05, 0.1) is 30.9 Å². The molecule has 0 radical (unpaired) electrons. The molecule has 1 N–H and O–H groups in total. The molecule has 0 saturated heterocycles. The Hall–Kier alpha value is -2.16. The highest BCUT2D eigenvalue weighted by molar-refractivity contribution is 9.10. The lowest BCUT2D eigenvalue weighted by Crippen LogP contribution is -2.25. The topological polar surface area (TPSA) is 41.9 Å². The number of benzene rings is 2. The number of aliphatic hydroxyl groups is 1. The molecule has 0 bridgehead atoms. The Morgan fingerprint density at radius 1 is 1.04 bits per heavy atom. The van der Waals surface area contributed by atoms with Crippen LogP contribution in [0.1, 0.15) is 18.1 Å². The van der Waals surface area contributed by atoms with E-state index in [0.29, 0.717) is 18.0 Å². The molecule has 2 rings (SSSR count). The van der Waals surface area contributed by atoms with Gasteiger partial charge in [0.1, 0.15) is 11.5 Å². The van der Waals surface area contributed by atoms with Crippen molar-refractivity contribution in [3.8, 4) is 23.3 Å². The van der Waals surface area contributed by atoms with Gasteiger partial charge >= 0.3 is 0 Å². The van der Waals surface area contributed by atoms with Gasteiger partial charge in [-0.1, -0.05) is 11.8 Å². The minimum Gasteiger partial charge on any atom is -0.496 e. The summed E-state index contributed by atoms with van der Waals surface area (Å²) in [7, 11) is 3.24. The summed E-state index contributed by atoms with van der Waals surface area (Å²) in [5.74, 6) is 7.70. The number of rotatable bonds is 6. The zero-order chi connectivity index (χ0) is 18.2. The predicted molar refractivity (Wildman–Crippen MR) is 105 cm³/mol. The Balaban J connectivity index is 2.26. The van der Waals surface area contributed by atoms with Crippen LogP contribution in [0.25, 0.3) is 0 Å². The first-order chi connectivity index (χ1) is 12.1. The third-order valence-corrected chi connectivity index (χ3v) is 4.42. The lowest BCUT2D eigenvalue weighted by molar-refractivity contribution is 0.302. The number of hydrogen-bond acceptors (Lipinski definition) is 4. The molecule has 0 saturated carbocycles. The van der Waals surface area contributed by atoms with Gasteiger partial charge in [0.2, 0.25) is 0 Å². The van der Waals surface area contributed by atoms with Crippen molar-refractivity contribution < 1.29 is 14.6 Å². The maximum Gasteiger partial charge on any atom is 0.135 e. The van der Waals surface area contributed by atoms with Crippen LogP contribution in [0.15, 0.2) is 40.9 Å². The molecule has 0 aliphatic rings. The van der Waals surface area contributed by atoms with Gasteiger partial charge in [0.25, 0.3) is 0 Å². The molecule has 0 atom stereocenters. The van der Waals surface area contributed by atoms with Crippen LogP contribution in [0.4, 0.5) is 5.69 Å². The van der Waals surface area contributed by atoms with Crippen molar-refractivity contribution in [2.75, 3.05) is 38.8 Å². The molecular weight excluding hydrogens is 382 g/mol. The minimum absolute atomic E-state index is 0.139. The summed E-state index contributed by atoms with van der Waals surface area (Å²) in [6, 6.07) is 11.7. The smallest absolute Gasteiger partial charge is 0.135 e. The van der Waals surface area contributed by atoms with Crippen LogP contribution in [0.5, 0.6) is 11.5 Å². The number of hydrogen-bond donors (Lipinski definition) is 1. The highest BCUT2D eigenvalue weighted by Gasteiger charge is 2.08. The van der Waals surface area contributed by atoms with E-state index in [1.54, 1.807) is 14.2 Å². The second kappa shape index (κ2) is 9.36. The first kappa shape index (κ1) is 19.2. The normalized spacial score (nSPS) is 9.96. The summed E-state index contributed by atoms with van der Waals surface area (Å²) >= 11 is 3.44. The van der Waals surface area contributed by atoms with E-state index in [2.05, 4.69) is 39.6 Å². The Morgan fingerprint density at radius 2 is 1.72 bits per heavy atom. The van der Waals surface area contributed by atoms with E-state index in [4.69, 9.17) is 14.6 Å². The number of methoxy groups -OCH3 is 2. The SMILES string of the molecule is CCN(CCO)c1ccc(C#Cc2cc(OC)c(Br)cc2OC)cc1. The van der Waals surface area contributed by atoms with Crippen molar-refractivity contribution in [3.05, 3.63) is 52.0 Å². The molecular formula is C20H22BrNO3. The van der Waals surface area contributed by atoms with Crippen LogP contribution in [-0.4, -0.2) is 39.0 Å². The van der Waals surface area contributed by atoms with E-state index in [0.717, 1.165) is 27.8 Å². The maximum absolute atomic E-state index is 9.12. The van der Waals surface area contributed by atoms with Gasteiger partial charge in [-0.3, -0.25) is 0 Å². The fourth-order valence-electron chi connectivity index (χ4n) is 2.44. The van der Waals surface area contributed by atoms with Crippen LogP contribution in [0, 0.1) is 11.8 Å². The number of likely N-dealkylation sites (N-methyl/N-ethyl adjacent to an activating group) is 1. The highest BCUT2D eigenvalue weighted by Crippen LogP contribution is 2.32. The zero-order valence-corrected chi connectivity index (χ0v) is 16.3. The lowest BCUT2D eigenvalue weighted by Gasteiger charge is -2.21. The molecule has 132 valence electrons. The van der Waals surface area contributed by atoms with Gasteiger partial charge in [-0.25, -0.2) is 0 Å². The molecule has 4 nitrogen and oxygen atoms in total. The van der Waals surface area contributed by atoms with E-state index >= 15 is 0 Å². The summed E-state index contributed by atoms with van der Waals surface area (Å²) in [6.45, 7) is 3.68. The summed E-state index contributed by atoms with van der Waals surface area (Å²) < 4.78 is 11.5. The summed E-state index contributed by atoms with van der Waals surface area (Å²) in [5, 5.41) is 9.12. The largest absolute Gasteiger partial charge is 0.496 e. The maximum atomic E-state index is 9.12. The quantitative estimate of drug-likeness (QED) is 0.746. The molecule has 5 heteroatoms. The fourth-order valence-corrected chi connectivity index (χ4v) is 2.93. The van der Waals surface area contributed by atoms with Gasteiger partial charge in [0, 0.05) is 30.4 Å². The van der Waals surface area contributed by atoms with Crippen LogP contribution in [0.2, 0.25) is 0 Å². The number of aliphatic hydroxyl groups excluding tert-OH is 1. The number of nitrogens with zero attached hydrogens (tertiary/aromatic N) is 1. The second-order valence-electron chi connectivity index (χ2n) is 5.29. The fraction of sp³-hybridized carbons (Fsp3) is 0.300. The van der Waals surface area contributed by atoms with Crippen molar-refractivity contribution in [2.24, 2.45) is 0 Å². The average Bonchev–Trinajstić information content (AvgIpc) is 2.65. The number of anilines is 1. The third kappa shape index (κ3) is 4.91. The van der Waals surface area contributed by atoms with Crippen LogP contribution >= 0.6 is 15.9 Å². The van der Waals surface area contributed by atoms with Gasteiger partial charge in [-0.05, 0) is 53.2 Å². The van der Waals surface area contributed by atoms with Gasteiger partial charge in [-0.15, -0.1) is 0 Å². The van der Waals surface area contributed by atoms with Crippen LogP contribution < -0.4 is 14.4 Å². The van der Waals surface area contributed by atoms with Crippen molar-refractivity contribution in [2.45, 2.75) is 6.92 Å². The minimum atomic E-state index is 0.139. The molecule has 0 aliphatic heterocycles. The Morgan fingerprint density at radius 3 is 2.28 bits per heavy atom. The highest BCUT2D eigenvalue weighted by atomic mass is 79.9. The Bertz CT molecular complexity index is 763. The van der Waals surface area contributed by atoms with Crippen molar-refractivity contribution in [3.63, 3.8) is 0 Å². The van der Waals surface area contributed by atoms with Crippen LogP contribution in [-0.2, 0) is 0 Å². The lowest BCUT2D eigenvalue weighted by atomic mass is 10.1. The number of ether oxygens (including phenoxy) is 2. The van der Waals surface area contributed by atoms with Crippen molar-refractivity contribution in [1.29, 1.82) is 0 Å². The van der Waals surface area contributed by atoms with E-state index in [1.165, 1.54) is 0 Å². The molecule has 25 heavy (non-hydrogen) atoms. The van der Waals surface area contributed by atoms with Crippen LogP contribution in [0.3, 0.4) is 0 Å². The Kier molecular flexibility index (Phi) is 7.17. The first-order valence-electron chi connectivity index (χ1n) is 8.02. The first-order valence-corrected chi connectivity index (χ1v) is 8.81. The van der Waals surface area contributed by atoms with E-state index in [-0.39, 0.29) is 6.61 Å². The monoisotopic (exact) mass is 403 g/mol. The molecule has 0 aliphatic carbocycles. The molecule has 0 amide bonds. The third-order valence-electron chi connectivity index (χ3n) is 3.80. The van der Waals surface area contributed by atoms with E-state index in [1.807, 2.05) is 36.4 Å². The van der Waals surface area contributed by atoms with Gasteiger partial charge in [-0.2, -0.15) is 0 Å². The summed E-state index contributed by atoms with van der Waals surface area (Å²) in [4.78, 5) is 2.11. The van der Waals surface area contributed by atoms with Gasteiger partial charge < -0.3 is 19.5 Å². The van der Waals surface area contributed by atoms with Crippen molar-refractivity contribution in [1.82, 2.24) is 0 Å². The molecule has 2 aromatic carbocycles. The van der Waals surface area contributed by atoms with E-state index in [9.17, 15) is 0 Å². The predicted octanol–water partition coefficient (Wildman–Crippen LogP) is 3.68. The standard InChI is InChI=1S/C20H22BrNO3/c1-4-22(11-12-23)17-9-6-15(7-10-17)5-8-16-13-20(25-3)18(21)14-19(16)24-2/h6-7,9-10,13-14,23H,4,11-12H2,1-3H3.